The van der Waals surface area contributed by atoms with Gasteiger partial charge >= 0.3 is 0 Å². The lowest BCUT2D eigenvalue weighted by molar-refractivity contribution is -0.136. The number of unbranched alkanes of at least 4 members (excludes halogenated alkanes) is 4. The first-order chi connectivity index (χ1) is 25.8. The highest BCUT2D eigenvalue weighted by molar-refractivity contribution is 6.33. The van der Waals surface area contributed by atoms with Gasteiger partial charge in [0.15, 0.2) is 6.61 Å². The lowest BCUT2D eigenvalue weighted by Crippen LogP contribution is -2.54. The third-order valence-corrected chi connectivity index (χ3v) is 10.2. The molecule has 15 heteroatoms. The van der Waals surface area contributed by atoms with Crippen molar-refractivity contribution in [1.82, 2.24) is 35.4 Å². The molecule has 2 fully saturated rings. The van der Waals surface area contributed by atoms with E-state index < -0.39 is 29.7 Å². The number of halogens is 1. The predicted molar refractivity (Wildman–Crippen MR) is 198 cm³/mol. The van der Waals surface area contributed by atoms with Gasteiger partial charge in [0.05, 0.1) is 28.0 Å². The highest BCUT2D eigenvalue weighted by Gasteiger charge is 2.46. The first-order valence-corrected chi connectivity index (χ1v) is 18.5. The quantitative estimate of drug-likeness (QED) is 0.101. The number of nitrogens with zero attached hydrogens (tertiary/aromatic N) is 4. The molecule has 0 saturated carbocycles. The van der Waals surface area contributed by atoms with Gasteiger partial charge in [0.1, 0.15) is 11.8 Å². The number of likely N-dealkylation sites (tertiary alicyclic amines) is 1. The molecule has 3 aliphatic rings. The molecule has 2 atom stereocenters. The molecule has 276 valence electrons. The molecule has 2 saturated heterocycles. The van der Waals surface area contributed by atoms with E-state index in [1.807, 2.05) is 24.4 Å². The van der Waals surface area contributed by atoms with E-state index in [0.717, 1.165) is 79.5 Å². The molecule has 0 bridgehead atoms. The first kappa shape index (κ1) is 36.0. The molecule has 5 amide bonds. The molecule has 0 aliphatic carbocycles. The van der Waals surface area contributed by atoms with Crippen molar-refractivity contribution in [3.63, 3.8) is 0 Å². The van der Waals surface area contributed by atoms with Crippen molar-refractivity contribution in [3.8, 4) is 17.0 Å². The fraction of sp³-hybridized carbons (Fsp3) is 0.395. The van der Waals surface area contributed by atoms with E-state index in [1.54, 1.807) is 12.3 Å². The molecule has 7 rings (SSSR count). The highest BCUT2D eigenvalue weighted by Crippen LogP contribution is 2.34. The Labute approximate surface area is 311 Å². The smallest absolute Gasteiger partial charge is 0.266 e. The van der Waals surface area contributed by atoms with Crippen LogP contribution in [-0.4, -0.2) is 99.2 Å². The van der Waals surface area contributed by atoms with Gasteiger partial charge in [0.2, 0.25) is 17.8 Å². The summed E-state index contributed by atoms with van der Waals surface area (Å²) in [7, 11) is 0. The monoisotopic (exact) mass is 740 g/mol. The van der Waals surface area contributed by atoms with E-state index in [2.05, 4.69) is 36.9 Å². The largest absolute Gasteiger partial charge is 0.483 e. The number of imide groups is 2. The van der Waals surface area contributed by atoms with E-state index >= 15 is 0 Å². The third kappa shape index (κ3) is 8.03. The summed E-state index contributed by atoms with van der Waals surface area (Å²) in [6, 6.07) is 11.8. The Morgan fingerprint density at radius 1 is 0.962 bits per heavy atom. The summed E-state index contributed by atoms with van der Waals surface area (Å²) < 4.78 is 5.66. The Balaban J connectivity index is 0.773. The fourth-order valence-electron chi connectivity index (χ4n) is 7.25. The number of fused-ring (bicyclic) bond motifs is 2. The number of anilines is 1. The van der Waals surface area contributed by atoms with Crippen LogP contribution in [0.25, 0.3) is 22.2 Å². The van der Waals surface area contributed by atoms with Gasteiger partial charge in [-0.05, 0) is 50.4 Å². The maximum atomic E-state index is 13.2. The average Bonchev–Trinajstić information content (AvgIpc) is 3.86. The zero-order chi connectivity index (χ0) is 36.9. The summed E-state index contributed by atoms with van der Waals surface area (Å²) in [4.78, 5) is 78.4. The highest BCUT2D eigenvalue weighted by atomic mass is 35.5. The van der Waals surface area contributed by atoms with Crippen LogP contribution in [0.15, 0.2) is 54.9 Å². The Morgan fingerprint density at radius 3 is 2.66 bits per heavy atom. The number of ether oxygens (including phenoxy) is 1. The van der Waals surface area contributed by atoms with Crippen LogP contribution < -0.4 is 20.7 Å². The van der Waals surface area contributed by atoms with Crippen LogP contribution in [0, 0.1) is 0 Å². The number of para-hydroxylation sites is 1. The SMILES string of the molecule is O=C(COc1cccc2c1C(=O)N(C1CCC(=O)NC1=O)C2=O)NCCCCCCCN1CC[C@@H](Nc2ncc(Cl)c(-c3c[nH]c4ccccc34)n2)C1. The number of piperidine rings is 1. The van der Waals surface area contributed by atoms with Crippen LogP contribution >= 0.6 is 11.6 Å². The summed E-state index contributed by atoms with van der Waals surface area (Å²) in [5.41, 5.74) is 2.80. The number of carbonyl (C=O) groups excluding carboxylic acids is 5. The van der Waals surface area contributed by atoms with Crippen molar-refractivity contribution in [2.75, 3.05) is 38.1 Å². The molecule has 1 unspecified atom stereocenters. The molecular weight excluding hydrogens is 700 g/mol. The summed E-state index contributed by atoms with van der Waals surface area (Å²) in [5, 5.41) is 10.1. The zero-order valence-electron chi connectivity index (χ0n) is 29.2. The zero-order valence-corrected chi connectivity index (χ0v) is 29.9. The molecule has 3 aliphatic heterocycles. The Bertz CT molecular complexity index is 2050. The summed E-state index contributed by atoms with van der Waals surface area (Å²) in [6.07, 6.45) is 9.76. The molecule has 14 nitrogen and oxygen atoms in total. The minimum atomic E-state index is -1.07. The van der Waals surface area contributed by atoms with Gasteiger partial charge in [-0.1, -0.05) is 55.1 Å². The number of hydrogen-bond acceptors (Lipinski definition) is 10. The van der Waals surface area contributed by atoms with Crippen molar-refractivity contribution in [1.29, 1.82) is 0 Å². The fourth-order valence-corrected chi connectivity index (χ4v) is 7.44. The van der Waals surface area contributed by atoms with Crippen LogP contribution in [0.5, 0.6) is 5.75 Å². The minimum absolute atomic E-state index is 0.0160. The number of aromatic nitrogens is 3. The normalized spacial score (nSPS) is 18.8. The number of hydrogen-bond donors (Lipinski definition) is 4. The Hall–Kier alpha value is -5.34. The van der Waals surface area contributed by atoms with E-state index in [0.29, 0.717) is 23.2 Å². The molecule has 2 aromatic carbocycles. The Morgan fingerprint density at radius 2 is 1.79 bits per heavy atom. The number of aromatic amines is 1. The molecule has 4 N–H and O–H groups in total. The van der Waals surface area contributed by atoms with Gasteiger partial charge in [0, 0.05) is 54.8 Å². The van der Waals surface area contributed by atoms with Crippen molar-refractivity contribution >= 4 is 58.0 Å². The second-order valence-corrected chi connectivity index (χ2v) is 14.0. The molecule has 5 heterocycles. The number of carbonyl (C=O) groups is 5. The lowest BCUT2D eigenvalue weighted by Gasteiger charge is -2.27. The van der Waals surface area contributed by atoms with Crippen molar-refractivity contribution in [2.24, 2.45) is 0 Å². The van der Waals surface area contributed by atoms with Gasteiger partial charge in [-0.25, -0.2) is 9.97 Å². The van der Waals surface area contributed by atoms with E-state index in [-0.39, 0.29) is 48.3 Å². The maximum Gasteiger partial charge on any atom is 0.266 e. The van der Waals surface area contributed by atoms with Crippen LogP contribution in [0.4, 0.5) is 5.95 Å². The van der Waals surface area contributed by atoms with Crippen LogP contribution in [0.2, 0.25) is 5.02 Å². The van der Waals surface area contributed by atoms with E-state index in [4.69, 9.17) is 21.3 Å². The molecular formula is C38H41ClN8O6. The second-order valence-electron chi connectivity index (χ2n) is 13.6. The third-order valence-electron chi connectivity index (χ3n) is 9.96. The molecule has 0 radical (unpaired) electrons. The molecule has 4 aromatic rings. The van der Waals surface area contributed by atoms with Gasteiger partial charge < -0.3 is 25.3 Å². The summed E-state index contributed by atoms with van der Waals surface area (Å²) >= 11 is 6.51. The van der Waals surface area contributed by atoms with Gasteiger partial charge in [-0.3, -0.25) is 34.2 Å². The standard InChI is InChI=1S/C38H41ClN8O6/c39-27-20-42-38(45-34(27)26-19-41-28-11-5-4-9-24(26)28)43-23-15-18-46(21-23)17-7-3-1-2-6-16-40-32(49)22-53-30-12-8-10-25-33(30)37(52)47(36(25)51)29-13-14-31(48)44-35(29)50/h4-5,8-12,19-20,23,29,41H,1-3,6-7,13-18,21-22H2,(H,40,49)(H,42,43,45)(H,44,48,50)/t23-,29?/m1/s1. The summed E-state index contributed by atoms with van der Waals surface area (Å²) in [5.74, 6) is -2.10. The van der Waals surface area contributed by atoms with E-state index in [9.17, 15) is 24.0 Å². The van der Waals surface area contributed by atoms with Crippen molar-refractivity contribution in [3.05, 3.63) is 71.0 Å². The van der Waals surface area contributed by atoms with Crippen molar-refractivity contribution < 1.29 is 28.7 Å². The number of benzene rings is 2. The molecule has 2 aromatic heterocycles. The number of nitrogens with one attached hydrogen (secondary N) is 4. The van der Waals surface area contributed by atoms with Crippen LogP contribution in [0.3, 0.4) is 0 Å². The maximum absolute atomic E-state index is 13.2. The lowest BCUT2D eigenvalue weighted by atomic mass is 10.0. The van der Waals surface area contributed by atoms with Crippen LogP contribution in [0.1, 0.15) is 72.1 Å². The molecule has 53 heavy (non-hydrogen) atoms. The van der Waals surface area contributed by atoms with Gasteiger partial charge in [0.25, 0.3) is 17.7 Å². The minimum Gasteiger partial charge on any atom is -0.483 e. The average molecular weight is 741 g/mol. The number of amides is 5. The predicted octanol–water partition coefficient (Wildman–Crippen LogP) is 4.31. The van der Waals surface area contributed by atoms with Crippen LogP contribution in [-0.2, 0) is 14.4 Å². The second kappa shape index (κ2) is 16.1. The number of H-pyrrole nitrogens is 1. The number of rotatable bonds is 15. The summed E-state index contributed by atoms with van der Waals surface area (Å²) in [6.45, 7) is 3.15. The van der Waals surface area contributed by atoms with Gasteiger partial charge in [-0.15, -0.1) is 0 Å². The van der Waals surface area contributed by atoms with E-state index in [1.165, 1.54) is 12.1 Å². The molecule has 0 spiro atoms. The Kier molecular flexibility index (Phi) is 11.0. The first-order valence-electron chi connectivity index (χ1n) is 18.1. The van der Waals surface area contributed by atoms with Gasteiger partial charge in [-0.2, -0.15) is 0 Å². The topological polar surface area (TPSA) is 179 Å². The van der Waals surface area contributed by atoms with Crippen molar-refractivity contribution in [2.45, 2.75) is 63.5 Å².